The predicted octanol–water partition coefficient (Wildman–Crippen LogP) is 4.85. The monoisotopic (exact) mass is 358 g/mol. The molecule has 2 heterocycles. The molecule has 0 aliphatic carbocycles. The van der Waals surface area contributed by atoms with Crippen LogP contribution in [0.25, 0.3) is 11.3 Å². The fourth-order valence-corrected chi connectivity index (χ4v) is 3.38. The van der Waals surface area contributed by atoms with Crippen molar-refractivity contribution in [1.29, 1.82) is 0 Å². The number of para-hydroxylation sites is 1. The first-order valence-electron chi connectivity index (χ1n) is 7.45. The number of halogens is 2. The number of hydrogen-bond acceptors (Lipinski definition) is 3. The van der Waals surface area contributed by atoms with Crippen LogP contribution in [0.3, 0.4) is 0 Å². The lowest BCUT2D eigenvalue weighted by Gasteiger charge is -2.15. The molecule has 4 nitrogen and oxygen atoms in total. The lowest BCUT2D eigenvalue weighted by Crippen LogP contribution is -2.29. The Balaban J connectivity index is 1.65. The van der Waals surface area contributed by atoms with E-state index in [0.29, 0.717) is 27.9 Å². The molecule has 1 aliphatic heterocycles. The average Bonchev–Trinajstić information content (AvgIpc) is 3.21. The van der Waals surface area contributed by atoms with E-state index in [4.69, 9.17) is 27.7 Å². The Morgan fingerprint density at radius 2 is 1.96 bits per heavy atom. The fourth-order valence-electron chi connectivity index (χ4n) is 2.88. The van der Waals surface area contributed by atoms with Gasteiger partial charge in [-0.15, -0.1) is 0 Å². The number of anilines is 1. The third-order valence-electron chi connectivity index (χ3n) is 4.06. The molecule has 3 aromatic rings. The molecule has 0 saturated carbocycles. The molecule has 24 heavy (non-hydrogen) atoms. The summed E-state index contributed by atoms with van der Waals surface area (Å²) in [6.07, 6.45) is 0.843. The van der Waals surface area contributed by atoms with Crippen LogP contribution < -0.4 is 4.90 Å². The summed E-state index contributed by atoms with van der Waals surface area (Å²) in [4.78, 5) is 14.5. The maximum atomic E-state index is 12.7. The normalized spacial score (nSPS) is 13.2. The number of aromatic nitrogens is 1. The second-order valence-corrected chi connectivity index (χ2v) is 6.38. The van der Waals surface area contributed by atoms with Gasteiger partial charge in [-0.05, 0) is 36.2 Å². The number of nitrogens with zero attached hydrogens (tertiary/aromatic N) is 2. The lowest BCUT2D eigenvalue weighted by atomic mass is 10.1. The van der Waals surface area contributed by atoms with E-state index in [1.54, 1.807) is 29.2 Å². The van der Waals surface area contributed by atoms with Crippen molar-refractivity contribution in [3.05, 3.63) is 69.8 Å². The Morgan fingerprint density at radius 1 is 1.12 bits per heavy atom. The van der Waals surface area contributed by atoms with Crippen molar-refractivity contribution in [2.24, 2.45) is 0 Å². The predicted molar refractivity (Wildman–Crippen MR) is 93.8 cm³/mol. The first kappa shape index (κ1) is 15.2. The molecule has 0 N–H and O–H groups in total. The smallest absolute Gasteiger partial charge is 0.280 e. The zero-order chi connectivity index (χ0) is 16.7. The largest absolute Gasteiger partial charge is 0.355 e. The first-order valence-corrected chi connectivity index (χ1v) is 8.21. The van der Waals surface area contributed by atoms with Gasteiger partial charge < -0.3 is 9.42 Å². The van der Waals surface area contributed by atoms with Gasteiger partial charge in [0.15, 0.2) is 11.5 Å². The highest BCUT2D eigenvalue weighted by Crippen LogP contribution is 2.32. The van der Waals surface area contributed by atoms with Gasteiger partial charge in [-0.2, -0.15) is 0 Å². The van der Waals surface area contributed by atoms with Crippen LogP contribution in [0.15, 0.2) is 53.1 Å². The van der Waals surface area contributed by atoms with E-state index < -0.39 is 0 Å². The third kappa shape index (κ3) is 2.58. The minimum atomic E-state index is -0.181. The molecule has 120 valence electrons. The molecular formula is C18H12Cl2N2O2. The van der Waals surface area contributed by atoms with E-state index in [1.807, 2.05) is 24.3 Å². The number of amides is 1. The zero-order valence-corrected chi connectivity index (χ0v) is 14.0. The van der Waals surface area contributed by atoms with Crippen LogP contribution in [0.4, 0.5) is 5.69 Å². The molecule has 0 radical (unpaired) electrons. The molecule has 0 fully saturated rings. The zero-order valence-electron chi connectivity index (χ0n) is 12.5. The number of rotatable bonds is 2. The fraction of sp³-hybridized carbons (Fsp3) is 0.111. The summed E-state index contributed by atoms with van der Waals surface area (Å²) in [6.45, 7) is 0.641. The van der Waals surface area contributed by atoms with Crippen molar-refractivity contribution in [3.63, 3.8) is 0 Å². The highest BCUT2D eigenvalue weighted by atomic mass is 35.5. The summed E-state index contributed by atoms with van der Waals surface area (Å²) in [5, 5.41) is 4.90. The van der Waals surface area contributed by atoms with Crippen molar-refractivity contribution >= 4 is 34.8 Å². The Kier molecular flexibility index (Phi) is 3.79. The van der Waals surface area contributed by atoms with Crippen LogP contribution in [-0.4, -0.2) is 17.6 Å². The molecule has 0 bridgehead atoms. The molecule has 6 heteroatoms. The highest BCUT2D eigenvalue weighted by molar-refractivity contribution is 6.36. The molecule has 0 atom stereocenters. The Hall–Kier alpha value is -2.30. The summed E-state index contributed by atoms with van der Waals surface area (Å²) in [7, 11) is 0. The summed E-state index contributed by atoms with van der Waals surface area (Å²) in [5.74, 6) is 0.257. The number of hydrogen-bond donors (Lipinski definition) is 0. The molecule has 2 aromatic carbocycles. The van der Waals surface area contributed by atoms with Crippen molar-refractivity contribution in [3.8, 4) is 11.3 Å². The van der Waals surface area contributed by atoms with Crippen molar-refractivity contribution in [1.82, 2.24) is 5.16 Å². The summed E-state index contributed by atoms with van der Waals surface area (Å²) >= 11 is 12.1. The maximum Gasteiger partial charge on any atom is 0.280 e. The Bertz CT molecular complexity index is 936. The number of carbonyl (C=O) groups is 1. The highest BCUT2D eigenvalue weighted by Gasteiger charge is 2.27. The third-order valence-corrected chi connectivity index (χ3v) is 4.61. The van der Waals surface area contributed by atoms with Gasteiger partial charge in [-0.25, -0.2) is 0 Å². The molecule has 1 aromatic heterocycles. The second kappa shape index (κ2) is 5.96. The number of benzene rings is 2. The molecule has 4 rings (SSSR count). The molecule has 0 saturated heterocycles. The van der Waals surface area contributed by atoms with Crippen LogP contribution in [0, 0.1) is 0 Å². The minimum absolute atomic E-state index is 0.181. The van der Waals surface area contributed by atoms with E-state index >= 15 is 0 Å². The van der Waals surface area contributed by atoms with Crippen LogP contribution in [0.5, 0.6) is 0 Å². The van der Waals surface area contributed by atoms with E-state index in [-0.39, 0.29) is 11.6 Å². The number of fused-ring (bicyclic) bond motifs is 1. The topological polar surface area (TPSA) is 46.3 Å². The summed E-state index contributed by atoms with van der Waals surface area (Å²) in [6, 6.07) is 14.6. The maximum absolute atomic E-state index is 12.7. The quantitative estimate of drug-likeness (QED) is 0.657. The van der Waals surface area contributed by atoms with Crippen molar-refractivity contribution in [2.45, 2.75) is 6.42 Å². The van der Waals surface area contributed by atoms with Gasteiger partial charge in [0.25, 0.3) is 5.91 Å². The van der Waals surface area contributed by atoms with Gasteiger partial charge in [0.2, 0.25) is 0 Å². The van der Waals surface area contributed by atoms with Gasteiger partial charge in [0.05, 0.1) is 5.02 Å². The Labute approximate surface area is 148 Å². The van der Waals surface area contributed by atoms with E-state index in [2.05, 4.69) is 5.16 Å². The Morgan fingerprint density at radius 3 is 2.79 bits per heavy atom. The molecule has 1 aliphatic rings. The number of carbonyl (C=O) groups excluding carboxylic acids is 1. The molecular weight excluding hydrogens is 347 g/mol. The van der Waals surface area contributed by atoms with Gasteiger partial charge in [-0.1, -0.05) is 46.6 Å². The van der Waals surface area contributed by atoms with E-state index in [1.165, 1.54) is 0 Å². The van der Waals surface area contributed by atoms with Crippen molar-refractivity contribution in [2.75, 3.05) is 11.4 Å². The second-order valence-electron chi connectivity index (χ2n) is 5.54. The minimum Gasteiger partial charge on any atom is -0.355 e. The summed E-state index contributed by atoms with van der Waals surface area (Å²) < 4.78 is 5.32. The molecule has 0 unspecified atom stereocenters. The lowest BCUT2D eigenvalue weighted by molar-refractivity contribution is 0.0981. The molecule has 0 spiro atoms. The van der Waals surface area contributed by atoms with E-state index in [0.717, 1.165) is 17.7 Å². The van der Waals surface area contributed by atoms with Crippen LogP contribution >= 0.6 is 23.2 Å². The standard InChI is InChI=1S/C18H12Cl2N2O2/c19-12-5-6-13(14(20)9-12)17-10-15(21-24-17)18(23)22-8-7-11-3-1-2-4-16(11)22/h1-6,9-10H,7-8H2. The van der Waals surface area contributed by atoms with Crippen LogP contribution in [-0.2, 0) is 6.42 Å². The average molecular weight is 359 g/mol. The van der Waals surface area contributed by atoms with Crippen molar-refractivity contribution < 1.29 is 9.32 Å². The summed E-state index contributed by atoms with van der Waals surface area (Å²) in [5.41, 5.74) is 2.99. The van der Waals surface area contributed by atoms with Gasteiger partial charge in [0.1, 0.15) is 0 Å². The molecule has 1 amide bonds. The van der Waals surface area contributed by atoms with E-state index in [9.17, 15) is 4.79 Å². The SMILES string of the molecule is O=C(c1cc(-c2ccc(Cl)cc2Cl)on1)N1CCc2ccccc21. The van der Waals surface area contributed by atoms with Crippen LogP contribution in [0.1, 0.15) is 16.1 Å². The van der Waals surface area contributed by atoms with Gasteiger partial charge in [0, 0.05) is 28.9 Å². The van der Waals surface area contributed by atoms with Gasteiger partial charge >= 0.3 is 0 Å². The first-order chi connectivity index (χ1) is 11.6. The van der Waals surface area contributed by atoms with Gasteiger partial charge in [-0.3, -0.25) is 4.79 Å². The van der Waals surface area contributed by atoms with Crippen LogP contribution in [0.2, 0.25) is 10.0 Å².